The zero-order valence-corrected chi connectivity index (χ0v) is 14.6. The predicted molar refractivity (Wildman–Crippen MR) is 87.2 cm³/mol. The second kappa shape index (κ2) is 8.33. The number of carbonyl (C=O) groups is 2. The Labute approximate surface area is 138 Å². The van der Waals surface area contributed by atoms with Crippen molar-refractivity contribution in [2.24, 2.45) is 0 Å². The number of hydrogen-bond acceptors (Lipinski definition) is 4. The fourth-order valence-electron chi connectivity index (χ4n) is 1.51. The Bertz CT molecular complexity index is 470. The molecule has 1 amide bonds. The average molecular weight is 406 g/mol. The fraction of sp³-hybridized carbons (Fsp3) is 0.467. The van der Waals surface area contributed by atoms with Gasteiger partial charge < -0.3 is 9.47 Å². The van der Waals surface area contributed by atoms with Crippen molar-refractivity contribution in [3.63, 3.8) is 0 Å². The first kappa shape index (κ1) is 17.9. The molecule has 0 bridgehead atoms. The quantitative estimate of drug-likeness (QED) is 0.352. The number of ether oxygens (including phenoxy) is 2. The molecule has 0 saturated heterocycles. The average Bonchev–Trinajstić information content (AvgIpc) is 2.41. The van der Waals surface area contributed by atoms with Gasteiger partial charge in [-0.15, -0.1) is 0 Å². The third kappa shape index (κ3) is 7.42. The van der Waals surface area contributed by atoms with Gasteiger partial charge in [-0.25, -0.2) is 5.32 Å². The van der Waals surface area contributed by atoms with Gasteiger partial charge in [0.05, 0.1) is 0 Å². The molecule has 0 spiro atoms. The van der Waals surface area contributed by atoms with Crippen molar-refractivity contribution in [3.8, 4) is 0 Å². The number of alkyl halides is 1. The zero-order valence-electron chi connectivity index (χ0n) is 12.5. The van der Waals surface area contributed by atoms with Gasteiger partial charge in [-0.2, -0.15) is 4.79 Å². The van der Waals surface area contributed by atoms with Crippen molar-refractivity contribution in [3.05, 3.63) is 35.9 Å². The van der Waals surface area contributed by atoms with Crippen LogP contribution in [0.15, 0.2) is 30.3 Å². The molecule has 1 aromatic rings. The Morgan fingerprint density at radius 3 is 2.43 bits per heavy atom. The summed E-state index contributed by atoms with van der Waals surface area (Å²) in [4.78, 5) is 23.3. The summed E-state index contributed by atoms with van der Waals surface area (Å²) in [7, 11) is 0. The number of primary amides is 1. The number of nitrogens with two attached hydrogens (primary N) is 1. The van der Waals surface area contributed by atoms with Crippen LogP contribution in [0.25, 0.3) is 0 Å². The van der Waals surface area contributed by atoms with E-state index in [-0.39, 0.29) is 16.5 Å². The van der Waals surface area contributed by atoms with E-state index < -0.39 is 11.7 Å². The summed E-state index contributed by atoms with van der Waals surface area (Å²) in [6.45, 7) is 5.93. The van der Waals surface area contributed by atoms with Crippen LogP contribution in [0.3, 0.4) is 0 Å². The van der Waals surface area contributed by atoms with E-state index in [0.29, 0.717) is 6.54 Å². The summed E-state index contributed by atoms with van der Waals surface area (Å²) < 4.78 is 9.94. The van der Waals surface area contributed by atoms with Crippen LogP contribution in [0.5, 0.6) is 0 Å². The molecule has 6 heteroatoms. The second-order valence-corrected chi connectivity index (χ2v) is 6.71. The summed E-state index contributed by atoms with van der Waals surface area (Å²) in [5, 5.41) is 1.39. The number of hydrogen-bond donors (Lipinski definition) is 1. The first-order valence-electron chi connectivity index (χ1n) is 6.71. The maximum atomic E-state index is 11.9. The minimum atomic E-state index is -0.509. The minimum absolute atomic E-state index is 0.171. The van der Waals surface area contributed by atoms with Crippen molar-refractivity contribution in [1.29, 1.82) is 0 Å². The van der Waals surface area contributed by atoms with Crippen LogP contribution in [0.4, 0.5) is 4.79 Å². The van der Waals surface area contributed by atoms with Crippen LogP contribution in [-0.2, 0) is 14.3 Å². The van der Waals surface area contributed by atoms with Gasteiger partial charge in [-0.3, -0.25) is 4.79 Å². The van der Waals surface area contributed by atoms with E-state index in [1.807, 2.05) is 52.9 Å². The number of quaternary nitrogens is 1. The summed E-state index contributed by atoms with van der Waals surface area (Å²) in [6, 6.07) is 9.42. The highest BCUT2D eigenvalue weighted by molar-refractivity contribution is 14.1. The lowest BCUT2D eigenvalue weighted by atomic mass is 10.2. The lowest BCUT2D eigenvalue weighted by molar-refractivity contribution is -0.574. The molecule has 1 rings (SSSR count). The SMILES string of the molecule is CC(C)(C)OC(=O)[NH2+]CCOC(=O)C(I)c1ccccc1. The number of halogens is 1. The number of amides is 1. The molecule has 0 aliphatic carbocycles. The molecule has 5 nitrogen and oxygen atoms in total. The van der Waals surface area contributed by atoms with Gasteiger partial charge in [0.2, 0.25) is 0 Å². The molecule has 0 aliphatic heterocycles. The van der Waals surface area contributed by atoms with Crippen molar-refractivity contribution in [2.45, 2.75) is 30.3 Å². The maximum Gasteiger partial charge on any atom is 0.513 e. The lowest BCUT2D eigenvalue weighted by Crippen LogP contribution is -2.89. The summed E-state index contributed by atoms with van der Waals surface area (Å²) in [6.07, 6.45) is -0.396. The molecule has 0 aromatic heterocycles. The Morgan fingerprint density at radius 1 is 1.24 bits per heavy atom. The highest BCUT2D eigenvalue weighted by Gasteiger charge is 2.20. The fourth-order valence-corrected chi connectivity index (χ4v) is 2.11. The summed E-state index contributed by atoms with van der Waals surface area (Å²) in [5.74, 6) is -0.306. The van der Waals surface area contributed by atoms with Crippen LogP contribution in [0.2, 0.25) is 0 Å². The van der Waals surface area contributed by atoms with E-state index >= 15 is 0 Å². The molecule has 0 heterocycles. The van der Waals surface area contributed by atoms with Gasteiger partial charge in [0, 0.05) is 0 Å². The highest BCUT2D eigenvalue weighted by atomic mass is 127. The first-order valence-corrected chi connectivity index (χ1v) is 7.96. The second-order valence-electron chi connectivity index (χ2n) is 5.47. The molecule has 1 atom stereocenters. The van der Waals surface area contributed by atoms with Gasteiger partial charge in [0.15, 0.2) is 0 Å². The Morgan fingerprint density at radius 2 is 1.86 bits per heavy atom. The first-order chi connectivity index (χ1) is 9.79. The largest absolute Gasteiger partial charge is 0.513 e. The highest BCUT2D eigenvalue weighted by Crippen LogP contribution is 2.24. The van der Waals surface area contributed by atoms with Crippen LogP contribution in [0, 0.1) is 0 Å². The molecule has 1 unspecified atom stereocenters. The van der Waals surface area contributed by atoms with Crippen molar-refractivity contribution < 1.29 is 24.4 Å². The van der Waals surface area contributed by atoms with Crippen LogP contribution in [-0.4, -0.2) is 30.8 Å². The number of rotatable bonds is 5. The maximum absolute atomic E-state index is 11.9. The van der Waals surface area contributed by atoms with Crippen LogP contribution in [0.1, 0.15) is 30.3 Å². The number of esters is 1. The predicted octanol–water partition coefficient (Wildman–Crippen LogP) is 2.20. The van der Waals surface area contributed by atoms with E-state index in [1.54, 1.807) is 20.8 Å². The molecular formula is C15H21INO4+. The number of carbonyl (C=O) groups excluding carboxylic acids is 2. The molecule has 0 radical (unpaired) electrons. The normalized spacial score (nSPS) is 12.6. The van der Waals surface area contributed by atoms with Gasteiger partial charge in [-0.05, 0) is 26.3 Å². The minimum Gasteiger partial charge on any atom is -0.459 e. The van der Waals surface area contributed by atoms with Gasteiger partial charge in [0.1, 0.15) is 22.7 Å². The zero-order chi connectivity index (χ0) is 15.9. The number of benzene rings is 1. The molecule has 0 saturated carbocycles. The van der Waals surface area contributed by atoms with Crippen molar-refractivity contribution in [2.75, 3.05) is 13.2 Å². The molecule has 116 valence electrons. The standard InChI is InChI=1S/C15H20INO4/c1-15(2,3)21-14(19)17-9-10-20-13(18)12(16)11-7-5-4-6-8-11/h4-8,12H,9-10H2,1-3H3,(H,17,19)/p+1. The summed E-state index contributed by atoms with van der Waals surface area (Å²) >= 11 is 2.04. The van der Waals surface area contributed by atoms with E-state index in [9.17, 15) is 9.59 Å². The molecule has 21 heavy (non-hydrogen) atoms. The summed E-state index contributed by atoms with van der Waals surface area (Å²) in [5.41, 5.74) is 0.393. The smallest absolute Gasteiger partial charge is 0.459 e. The van der Waals surface area contributed by atoms with Gasteiger partial charge in [0.25, 0.3) is 0 Å². The lowest BCUT2D eigenvalue weighted by Gasteiger charge is -2.17. The molecule has 1 aromatic carbocycles. The monoisotopic (exact) mass is 406 g/mol. The molecule has 0 aliphatic rings. The molecule has 2 N–H and O–H groups in total. The van der Waals surface area contributed by atoms with Crippen molar-refractivity contribution in [1.82, 2.24) is 0 Å². The van der Waals surface area contributed by atoms with Crippen LogP contribution < -0.4 is 5.32 Å². The molecule has 0 fully saturated rings. The Kier molecular flexibility index (Phi) is 7.10. The Hall–Kier alpha value is -1.15. The van der Waals surface area contributed by atoms with E-state index in [1.165, 1.54) is 5.32 Å². The van der Waals surface area contributed by atoms with Gasteiger partial charge >= 0.3 is 12.1 Å². The van der Waals surface area contributed by atoms with Crippen molar-refractivity contribution >= 4 is 34.7 Å². The van der Waals surface area contributed by atoms with Crippen LogP contribution >= 0.6 is 22.6 Å². The molecular weight excluding hydrogens is 385 g/mol. The third-order valence-corrected chi connectivity index (χ3v) is 3.61. The van der Waals surface area contributed by atoms with E-state index in [2.05, 4.69) is 0 Å². The van der Waals surface area contributed by atoms with E-state index in [0.717, 1.165) is 5.56 Å². The third-order valence-electron chi connectivity index (χ3n) is 2.38. The Balaban J connectivity index is 2.27. The topological polar surface area (TPSA) is 69.2 Å². The van der Waals surface area contributed by atoms with E-state index in [4.69, 9.17) is 9.47 Å². The van der Waals surface area contributed by atoms with Gasteiger partial charge in [-0.1, -0.05) is 52.9 Å².